The molecule has 1 heterocycles. The molecule has 1 unspecified atom stereocenters. The van der Waals surface area contributed by atoms with Crippen molar-refractivity contribution >= 4 is 23.2 Å². The van der Waals surface area contributed by atoms with E-state index >= 15 is 0 Å². The topological polar surface area (TPSA) is 61.9 Å². The average molecular weight is 396 g/mol. The maximum atomic E-state index is 12.7. The molecule has 2 aromatic rings. The zero-order chi connectivity index (χ0) is 21.1. The summed E-state index contributed by atoms with van der Waals surface area (Å²) in [5.41, 5.74) is 4.16. The van der Waals surface area contributed by atoms with E-state index in [1.165, 1.54) is 0 Å². The summed E-state index contributed by atoms with van der Waals surface area (Å²) in [6.07, 6.45) is 0.335. The Morgan fingerprint density at radius 3 is 2.59 bits per heavy atom. The van der Waals surface area contributed by atoms with Gasteiger partial charge >= 0.3 is 0 Å². The van der Waals surface area contributed by atoms with E-state index in [9.17, 15) is 9.59 Å². The van der Waals surface area contributed by atoms with Crippen LogP contribution in [0.1, 0.15) is 34.8 Å². The fourth-order valence-electron chi connectivity index (χ4n) is 3.35. The summed E-state index contributed by atoms with van der Waals surface area (Å²) in [4.78, 5) is 29.2. The SMILES string of the molecule is Cc1ccc(C(=O)Nc2ccc3c(c2)N(CCCN(C)C)C(=O)C(C)O3)cc1C. The quantitative estimate of drug-likeness (QED) is 0.812. The first-order valence-corrected chi connectivity index (χ1v) is 9.91. The molecule has 1 aliphatic heterocycles. The van der Waals surface area contributed by atoms with Gasteiger partial charge in [0.05, 0.1) is 5.69 Å². The molecule has 1 atom stereocenters. The van der Waals surface area contributed by atoms with Crippen molar-refractivity contribution in [1.82, 2.24) is 4.90 Å². The van der Waals surface area contributed by atoms with E-state index in [1.807, 2.05) is 58.3 Å². The number of nitrogens with zero attached hydrogens (tertiary/aromatic N) is 2. The van der Waals surface area contributed by atoms with E-state index < -0.39 is 6.10 Å². The van der Waals surface area contributed by atoms with Gasteiger partial charge in [0.2, 0.25) is 0 Å². The van der Waals surface area contributed by atoms with Gasteiger partial charge in [0.25, 0.3) is 11.8 Å². The normalized spacial score (nSPS) is 15.9. The second-order valence-corrected chi connectivity index (χ2v) is 7.84. The Hall–Kier alpha value is -2.86. The lowest BCUT2D eigenvalue weighted by Crippen LogP contribution is -2.45. The molecule has 2 aromatic carbocycles. The van der Waals surface area contributed by atoms with E-state index in [1.54, 1.807) is 17.9 Å². The van der Waals surface area contributed by atoms with Gasteiger partial charge in [-0.25, -0.2) is 0 Å². The summed E-state index contributed by atoms with van der Waals surface area (Å²) in [6, 6.07) is 11.1. The number of carbonyl (C=O) groups excluding carboxylic acids is 2. The molecular weight excluding hydrogens is 366 g/mol. The van der Waals surface area contributed by atoms with Gasteiger partial charge in [-0.05, 0) is 89.3 Å². The summed E-state index contributed by atoms with van der Waals surface area (Å²) < 4.78 is 5.76. The van der Waals surface area contributed by atoms with Crippen LogP contribution >= 0.6 is 0 Å². The molecule has 0 saturated heterocycles. The maximum absolute atomic E-state index is 12.7. The van der Waals surface area contributed by atoms with Gasteiger partial charge in [-0.3, -0.25) is 9.59 Å². The van der Waals surface area contributed by atoms with Crippen LogP contribution in [0.3, 0.4) is 0 Å². The summed E-state index contributed by atoms with van der Waals surface area (Å²) in [7, 11) is 4.02. The largest absolute Gasteiger partial charge is 0.479 e. The van der Waals surface area contributed by atoms with E-state index in [4.69, 9.17) is 4.74 Å². The first-order valence-electron chi connectivity index (χ1n) is 9.91. The predicted molar refractivity (Wildman–Crippen MR) is 116 cm³/mol. The minimum atomic E-state index is -0.516. The molecule has 154 valence electrons. The Labute approximate surface area is 172 Å². The minimum Gasteiger partial charge on any atom is -0.479 e. The summed E-state index contributed by atoms with van der Waals surface area (Å²) in [5.74, 6) is 0.420. The van der Waals surface area contributed by atoms with E-state index in [0.29, 0.717) is 29.2 Å². The van der Waals surface area contributed by atoms with Gasteiger partial charge in [0, 0.05) is 17.8 Å². The fraction of sp³-hybridized carbons (Fsp3) is 0.391. The Morgan fingerprint density at radius 1 is 1.14 bits per heavy atom. The number of carbonyl (C=O) groups is 2. The molecule has 0 fully saturated rings. The number of benzene rings is 2. The van der Waals surface area contributed by atoms with Crippen LogP contribution in [0.4, 0.5) is 11.4 Å². The summed E-state index contributed by atoms with van der Waals surface area (Å²) >= 11 is 0. The van der Waals surface area contributed by atoms with E-state index in [0.717, 1.165) is 24.1 Å². The highest BCUT2D eigenvalue weighted by molar-refractivity contribution is 6.05. The standard InChI is InChI=1S/C23H29N3O3/c1-15-7-8-18(13-16(15)2)22(27)24-19-9-10-21-20(14-19)26(12-6-11-25(4)5)23(28)17(3)29-21/h7-10,13-14,17H,6,11-12H2,1-5H3,(H,24,27). The monoisotopic (exact) mass is 395 g/mol. The fourth-order valence-corrected chi connectivity index (χ4v) is 3.35. The molecule has 6 heteroatoms. The van der Waals surface area contributed by atoms with Crippen molar-refractivity contribution in [3.8, 4) is 5.75 Å². The molecule has 1 N–H and O–H groups in total. The molecule has 0 bridgehead atoms. The molecule has 2 amide bonds. The van der Waals surface area contributed by atoms with Crippen LogP contribution in [0.15, 0.2) is 36.4 Å². The van der Waals surface area contributed by atoms with Crippen molar-refractivity contribution in [3.63, 3.8) is 0 Å². The van der Waals surface area contributed by atoms with Crippen LogP contribution < -0.4 is 15.0 Å². The molecule has 0 spiro atoms. The third kappa shape index (κ3) is 4.77. The van der Waals surface area contributed by atoms with Crippen LogP contribution in [0, 0.1) is 13.8 Å². The third-order valence-corrected chi connectivity index (χ3v) is 5.18. The molecule has 1 aliphatic rings. The van der Waals surface area contributed by atoms with Gasteiger partial charge in [-0.2, -0.15) is 0 Å². The minimum absolute atomic E-state index is 0.0612. The lowest BCUT2D eigenvalue weighted by Gasteiger charge is -2.33. The van der Waals surface area contributed by atoms with Crippen LogP contribution in [0.25, 0.3) is 0 Å². The van der Waals surface area contributed by atoms with Gasteiger partial charge in [0.1, 0.15) is 5.75 Å². The van der Waals surface area contributed by atoms with E-state index in [-0.39, 0.29) is 11.8 Å². The number of aryl methyl sites for hydroxylation is 2. The zero-order valence-electron chi connectivity index (χ0n) is 17.8. The van der Waals surface area contributed by atoms with Crippen molar-refractivity contribution in [2.75, 3.05) is 37.4 Å². The van der Waals surface area contributed by atoms with Gasteiger partial charge in [0.15, 0.2) is 6.10 Å². The van der Waals surface area contributed by atoms with Gasteiger partial charge in [-0.15, -0.1) is 0 Å². The molecule has 0 aromatic heterocycles. The first-order chi connectivity index (χ1) is 13.8. The Bertz CT molecular complexity index is 924. The highest BCUT2D eigenvalue weighted by Gasteiger charge is 2.31. The number of rotatable bonds is 6. The van der Waals surface area contributed by atoms with Gasteiger partial charge < -0.3 is 19.9 Å². The molecule has 6 nitrogen and oxygen atoms in total. The number of nitrogens with one attached hydrogen (secondary N) is 1. The summed E-state index contributed by atoms with van der Waals surface area (Å²) in [5, 5.41) is 2.94. The second kappa shape index (κ2) is 8.66. The van der Waals surface area contributed by atoms with Crippen LogP contribution in [-0.4, -0.2) is 50.0 Å². The number of ether oxygens (including phenoxy) is 1. The lowest BCUT2D eigenvalue weighted by atomic mass is 10.1. The Morgan fingerprint density at radius 2 is 1.90 bits per heavy atom. The van der Waals surface area contributed by atoms with Crippen LogP contribution in [0.2, 0.25) is 0 Å². The number of hydrogen-bond donors (Lipinski definition) is 1. The van der Waals surface area contributed by atoms with Crippen LogP contribution in [-0.2, 0) is 4.79 Å². The smallest absolute Gasteiger partial charge is 0.267 e. The van der Waals surface area contributed by atoms with Crippen LogP contribution in [0.5, 0.6) is 5.75 Å². The number of anilines is 2. The molecule has 0 radical (unpaired) electrons. The molecule has 0 aliphatic carbocycles. The van der Waals surface area contributed by atoms with Crippen molar-refractivity contribution in [2.24, 2.45) is 0 Å². The predicted octanol–water partition coefficient (Wildman–Crippen LogP) is 3.62. The lowest BCUT2D eigenvalue weighted by molar-refractivity contribution is -0.125. The van der Waals surface area contributed by atoms with Crippen molar-refractivity contribution in [2.45, 2.75) is 33.3 Å². The van der Waals surface area contributed by atoms with Crippen molar-refractivity contribution in [1.29, 1.82) is 0 Å². The number of hydrogen-bond acceptors (Lipinski definition) is 4. The average Bonchev–Trinajstić information content (AvgIpc) is 2.67. The Kier molecular flexibility index (Phi) is 6.23. The molecule has 29 heavy (non-hydrogen) atoms. The number of amides is 2. The third-order valence-electron chi connectivity index (χ3n) is 5.18. The summed E-state index contributed by atoms with van der Waals surface area (Å²) in [6.45, 7) is 7.26. The maximum Gasteiger partial charge on any atom is 0.267 e. The van der Waals surface area contributed by atoms with Crippen molar-refractivity contribution < 1.29 is 14.3 Å². The highest BCUT2D eigenvalue weighted by atomic mass is 16.5. The second-order valence-electron chi connectivity index (χ2n) is 7.84. The highest BCUT2D eigenvalue weighted by Crippen LogP contribution is 2.36. The van der Waals surface area contributed by atoms with Gasteiger partial charge in [-0.1, -0.05) is 6.07 Å². The zero-order valence-corrected chi connectivity index (χ0v) is 17.8. The Balaban J connectivity index is 1.82. The number of fused-ring (bicyclic) bond motifs is 1. The van der Waals surface area contributed by atoms with E-state index in [2.05, 4.69) is 10.2 Å². The first kappa shape index (κ1) is 20.9. The molecule has 3 rings (SSSR count). The van der Waals surface area contributed by atoms with Crippen molar-refractivity contribution in [3.05, 3.63) is 53.1 Å². The molecule has 0 saturated carbocycles. The molecular formula is C23H29N3O3.